The van der Waals surface area contributed by atoms with Crippen LogP contribution in [-0.4, -0.2) is 43.8 Å². The van der Waals surface area contributed by atoms with Crippen LogP contribution in [0.4, 0.5) is 5.82 Å². The topological polar surface area (TPSA) is 61.8 Å². The lowest BCUT2D eigenvalue weighted by molar-refractivity contribution is 0.0529. The van der Waals surface area contributed by atoms with E-state index in [4.69, 9.17) is 27.9 Å². The van der Waals surface area contributed by atoms with Gasteiger partial charge in [0.15, 0.2) is 5.96 Å². The quantitative estimate of drug-likeness (QED) is 0.547. The average molecular weight is 436 g/mol. The second-order valence-corrected chi connectivity index (χ2v) is 7.95. The number of ether oxygens (including phenoxy) is 1. The van der Waals surface area contributed by atoms with Crippen molar-refractivity contribution in [3.8, 4) is 0 Å². The van der Waals surface area contributed by atoms with Crippen LogP contribution >= 0.6 is 23.2 Å². The standard InChI is InChI=1S/C21H27Cl2N5O/c1-14-13-28(8-9-29-14)20-10-16(6-7-25-20)12-26-21(24-3)27-15(2)18-5-4-17(22)11-19(18)23/h4-7,10-11,14-15H,8-9,12-13H2,1-3H3,(H2,24,26,27). The predicted molar refractivity (Wildman–Crippen MR) is 120 cm³/mol. The molecule has 2 unspecified atom stereocenters. The first-order valence-corrected chi connectivity index (χ1v) is 10.5. The van der Waals surface area contributed by atoms with E-state index in [1.165, 1.54) is 0 Å². The molecule has 0 saturated carbocycles. The van der Waals surface area contributed by atoms with E-state index in [0.29, 0.717) is 22.5 Å². The zero-order valence-electron chi connectivity index (χ0n) is 17.0. The first-order chi connectivity index (χ1) is 14.0. The lowest BCUT2D eigenvalue weighted by Gasteiger charge is -2.32. The summed E-state index contributed by atoms with van der Waals surface area (Å²) in [5, 5.41) is 7.97. The number of guanidine groups is 1. The molecule has 1 aliphatic heterocycles. The number of halogens is 2. The molecule has 1 fully saturated rings. The van der Waals surface area contributed by atoms with E-state index in [1.54, 1.807) is 13.1 Å². The number of hydrogen-bond acceptors (Lipinski definition) is 4. The fourth-order valence-electron chi connectivity index (χ4n) is 3.29. The van der Waals surface area contributed by atoms with Crippen molar-refractivity contribution in [1.82, 2.24) is 15.6 Å². The van der Waals surface area contributed by atoms with Gasteiger partial charge in [0.25, 0.3) is 0 Å². The van der Waals surface area contributed by atoms with Crippen LogP contribution in [0, 0.1) is 0 Å². The van der Waals surface area contributed by atoms with Crippen molar-refractivity contribution in [1.29, 1.82) is 0 Å². The maximum Gasteiger partial charge on any atom is 0.191 e. The number of pyridine rings is 1. The van der Waals surface area contributed by atoms with Crippen LogP contribution in [0.2, 0.25) is 10.0 Å². The summed E-state index contributed by atoms with van der Waals surface area (Å²) in [5.41, 5.74) is 2.10. The molecule has 1 saturated heterocycles. The molecule has 3 rings (SSSR count). The molecule has 0 radical (unpaired) electrons. The number of anilines is 1. The molecule has 8 heteroatoms. The number of hydrogen-bond donors (Lipinski definition) is 2. The molecule has 29 heavy (non-hydrogen) atoms. The van der Waals surface area contributed by atoms with Gasteiger partial charge in [0.2, 0.25) is 0 Å². The smallest absolute Gasteiger partial charge is 0.191 e. The van der Waals surface area contributed by atoms with Crippen LogP contribution in [0.25, 0.3) is 0 Å². The molecule has 156 valence electrons. The van der Waals surface area contributed by atoms with E-state index in [2.05, 4.69) is 38.5 Å². The summed E-state index contributed by atoms with van der Waals surface area (Å²) in [5.74, 6) is 1.67. The lowest BCUT2D eigenvalue weighted by atomic mass is 10.1. The molecule has 0 spiro atoms. The van der Waals surface area contributed by atoms with Gasteiger partial charge in [-0.1, -0.05) is 29.3 Å². The highest BCUT2D eigenvalue weighted by Gasteiger charge is 2.18. The molecule has 1 aromatic heterocycles. The van der Waals surface area contributed by atoms with Gasteiger partial charge in [0.1, 0.15) is 5.82 Å². The Morgan fingerprint density at radius 3 is 2.90 bits per heavy atom. The van der Waals surface area contributed by atoms with Gasteiger partial charge in [-0.15, -0.1) is 0 Å². The zero-order chi connectivity index (χ0) is 20.8. The van der Waals surface area contributed by atoms with E-state index in [-0.39, 0.29) is 12.1 Å². The van der Waals surface area contributed by atoms with E-state index in [0.717, 1.165) is 36.6 Å². The molecule has 2 atom stereocenters. The molecule has 2 heterocycles. The van der Waals surface area contributed by atoms with Crippen molar-refractivity contribution in [2.75, 3.05) is 31.6 Å². The minimum Gasteiger partial charge on any atom is -0.375 e. The van der Waals surface area contributed by atoms with Gasteiger partial charge in [-0.2, -0.15) is 0 Å². The minimum absolute atomic E-state index is 0.0196. The lowest BCUT2D eigenvalue weighted by Crippen LogP contribution is -2.41. The van der Waals surface area contributed by atoms with E-state index in [9.17, 15) is 0 Å². The van der Waals surface area contributed by atoms with Crippen LogP contribution in [-0.2, 0) is 11.3 Å². The second-order valence-electron chi connectivity index (χ2n) is 7.11. The first-order valence-electron chi connectivity index (χ1n) is 9.70. The Morgan fingerprint density at radius 2 is 2.17 bits per heavy atom. The SMILES string of the molecule is CN=C(NCc1ccnc(N2CCOC(C)C2)c1)NC(C)c1ccc(Cl)cc1Cl. The number of nitrogens with zero attached hydrogens (tertiary/aromatic N) is 3. The molecule has 1 aromatic carbocycles. The van der Waals surface area contributed by atoms with Crippen LogP contribution in [0.5, 0.6) is 0 Å². The maximum atomic E-state index is 6.32. The minimum atomic E-state index is -0.0196. The highest BCUT2D eigenvalue weighted by Crippen LogP contribution is 2.26. The molecule has 1 aliphatic rings. The predicted octanol–water partition coefficient (Wildman–Crippen LogP) is 4.04. The van der Waals surface area contributed by atoms with Crippen molar-refractivity contribution >= 4 is 35.0 Å². The number of benzene rings is 1. The Kier molecular flexibility index (Phi) is 7.58. The average Bonchev–Trinajstić information content (AvgIpc) is 2.71. The van der Waals surface area contributed by atoms with Gasteiger partial charge in [0, 0.05) is 42.9 Å². The third-order valence-corrected chi connectivity index (χ3v) is 5.40. The Morgan fingerprint density at radius 1 is 1.34 bits per heavy atom. The summed E-state index contributed by atoms with van der Waals surface area (Å²) >= 11 is 12.3. The fraction of sp³-hybridized carbons (Fsp3) is 0.429. The molecule has 0 amide bonds. The van der Waals surface area contributed by atoms with E-state index >= 15 is 0 Å². The second kappa shape index (κ2) is 10.1. The Balaban J connectivity index is 1.60. The molecule has 2 N–H and O–H groups in total. The van der Waals surface area contributed by atoms with E-state index in [1.807, 2.05) is 31.3 Å². The van der Waals surface area contributed by atoms with Crippen molar-refractivity contribution in [2.24, 2.45) is 4.99 Å². The zero-order valence-corrected chi connectivity index (χ0v) is 18.5. The third kappa shape index (κ3) is 5.98. The summed E-state index contributed by atoms with van der Waals surface area (Å²) < 4.78 is 5.62. The van der Waals surface area contributed by atoms with Crippen LogP contribution in [0.1, 0.15) is 31.0 Å². The molecule has 0 bridgehead atoms. The first kappa shape index (κ1) is 21.7. The molecular weight excluding hydrogens is 409 g/mol. The highest BCUT2D eigenvalue weighted by molar-refractivity contribution is 6.35. The highest BCUT2D eigenvalue weighted by atomic mass is 35.5. The van der Waals surface area contributed by atoms with Crippen molar-refractivity contribution < 1.29 is 4.74 Å². The van der Waals surface area contributed by atoms with Crippen LogP contribution in [0.3, 0.4) is 0 Å². The Bertz CT molecular complexity index is 861. The van der Waals surface area contributed by atoms with Gasteiger partial charge >= 0.3 is 0 Å². The number of aromatic nitrogens is 1. The Hall–Kier alpha value is -2.02. The Labute approximate surface area is 182 Å². The summed E-state index contributed by atoms with van der Waals surface area (Å²) in [4.78, 5) is 11.1. The van der Waals surface area contributed by atoms with Crippen molar-refractivity contribution in [3.63, 3.8) is 0 Å². The van der Waals surface area contributed by atoms with Gasteiger partial charge in [-0.25, -0.2) is 4.98 Å². The number of nitrogens with one attached hydrogen (secondary N) is 2. The normalized spacial score (nSPS) is 18.4. The fourth-order valence-corrected chi connectivity index (χ4v) is 3.86. The van der Waals surface area contributed by atoms with Gasteiger partial charge < -0.3 is 20.3 Å². The monoisotopic (exact) mass is 435 g/mol. The van der Waals surface area contributed by atoms with Gasteiger partial charge in [-0.05, 0) is 49.2 Å². The van der Waals surface area contributed by atoms with Crippen LogP contribution in [0.15, 0.2) is 41.5 Å². The van der Waals surface area contributed by atoms with Crippen LogP contribution < -0.4 is 15.5 Å². The summed E-state index contributed by atoms with van der Waals surface area (Å²) in [7, 11) is 1.75. The van der Waals surface area contributed by atoms with Crippen molar-refractivity contribution in [3.05, 3.63) is 57.7 Å². The number of morpholine rings is 1. The van der Waals surface area contributed by atoms with Gasteiger partial charge in [-0.3, -0.25) is 4.99 Å². The molecular formula is C21H27Cl2N5O. The molecule has 0 aliphatic carbocycles. The van der Waals surface area contributed by atoms with Gasteiger partial charge in [0.05, 0.1) is 18.8 Å². The van der Waals surface area contributed by atoms with Crippen molar-refractivity contribution in [2.45, 2.75) is 32.5 Å². The molecule has 2 aromatic rings. The molecule has 6 nitrogen and oxygen atoms in total. The number of rotatable bonds is 5. The summed E-state index contributed by atoms with van der Waals surface area (Å²) in [6, 6.07) is 9.60. The third-order valence-electron chi connectivity index (χ3n) is 4.84. The summed E-state index contributed by atoms with van der Waals surface area (Å²) in [6.07, 6.45) is 2.07. The maximum absolute atomic E-state index is 6.32. The number of aliphatic imine (C=N–C) groups is 1. The van der Waals surface area contributed by atoms with E-state index < -0.39 is 0 Å². The summed E-state index contributed by atoms with van der Waals surface area (Å²) in [6.45, 7) is 7.19. The largest absolute Gasteiger partial charge is 0.375 e.